The summed E-state index contributed by atoms with van der Waals surface area (Å²) >= 11 is 0. The van der Waals surface area contributed by atoms with E-state index in [-0.39, 0.29) is 5.41 Å². The molecule has 1 unspecified atom stereocenters. The number of nitrogens with one attached hydrogen (secondary N) is 2. The van der Waals surface area contributed by atoms with Crippen molar-refractivity contribution in [2.75, 3.05) is 0 Å². The van der Waals surface area contributed by atoms with Gasteiger partial charge in [0.15, 0.2) is 0 Å². The lowest BCUT2D eigenvalue weighted by molar-refractivity contribution is 0.133. The normalized spacial score (nSPS) is 13.7. The topological polar surface area (TPSA) is 57.4 Å². The monoisotopic (exact) mass is 302 g/mol. The van der Waals surface area contributed by atoms with Crippen LogP contribution in [0.15, 0.2) is 24.8 Å². The van der Waals surface area contributed by atoms with Crippen LogP contribution in [0.1, 0.15) is 58.6 Å². The predicted molar refractivity (Wildman–Crippen MR) is 90.5 cm³/mol. The van der Waals surface area contributed by atoms with Gasteiger partial charge >= 0.3 is 0 Å². The van der Waals surface area contributed by atoms with Gasteiger partial charge in [-0.3, -0.25) is 0 Å². The fraction of sp³-hybridized carbons (Fsp3) is 0.667. The molecule has 0 radical (unpaired) electrons. The molecular weight excluding hydrogens is 272 g/mol. The molecule has 4 nitrogen and oxygen atoms in total. The first-order valence-corrected chi connectivity index (χ1v) is 8.52. The first-order valence-electron chi connectivity index (χ1n) is 8.52. The molecule has 2 aromatic heterocycles. The minimum atomic E-state index is 0.203. The van der Waals surface area contributed by atoms with E-state index in [0.29, 0.717) is 5.92 Å². The second-order valence-electron chi connectivity index (χ2n) is 7.03. The van der Waals surface area contributed by atoms with Gasteiger partial charge < -0.3 is 9.97 Å². The van der Waals surface area contributed by atoms with Crippen LogP contribution in [0, 0.1) is 17.3 Å². The molecule has 0 bridgehead atoms. The summed E-state index contributed by atoms with van der Waals surface area (Å²) in [6, 6.07) is 0. The summed E-state index contributed by atoms with van der Waals surface area (Å²) in [7, 11) is 0. The summed E-state index contributed by atoms with van der Waals surface area (Å²) in [6.45, 7) is 9.29. The fourth-order valence-electron chi connectivity index (χ4n) is 3.30. The number of aromatic amines is 2. The molecular formula is C18H30N4. The summed E-state index contributed by atoms with van der Waals surface area (Å²) in [6.07, 6.45) is 13.2. The molecule has 0 amide bonds. The summed E-state index contributed by atoms with van der Waals surface area (Å²) in [4.78, 5) is 15.6. The van der Waals surface area contributed by atoms with Crippen molar-refractivity contribution >= 4 is 0 Å². The van der Waals surface area contributed by atoms with E-state index in [1.807, 2.05) is 24.8 Å². The van der Waals surface area contributed by atoms with E-state index in [1.54, 1.807) is 0 Å². The number of aromatic nitrogens is 4. The number of hydrogen-bond acceptors (Lipinski definition) is 2. The quantitative estimate of drug-likeness (QED) is 0.722. The summed E-state index contributed by atoms with van der Waals surface area (Å²) in [5.74, 6) is 3.53. The highest BCUT2D eigenvalue weighted by Gasteiger charge is 2.37. The van der Waals surface area contributed by atoms with Crippen LogP contribution in [-0.4, -0.2) is 19.9 Å². The number of H-pyrrole nitrogens is 2. The molecule has 0 fully saturated rings. The number of imidazole rings is 2. The van der Waals surface area contributed by atoms with Gasteiger partial charge in [0.05, 0.1) is 0 Å². The maximum absolute atomic E-state index is 4.49. The number of rotatable bonds is 9. The van der Waals surface area contributed by atoms with Crippen LogP contribution in [0.3, 0.4) is 0 Å². The van der Waals surface area contributed by atoms with Gasteiger partial charge in [0.2, 0.25) is 0 Å². The van der Waals surface area contributed by atoms with Crippen molar-refractivity contribution in [1.82, 2.24) is 19.9 Å². The van der Waals surface area contributed by atoms with Crippen LogP contribution in [0.25, 0.3) is 0 Å². The van der Waals surface area contributed by atoms with Gasteiger partial charge in [-0.1, -0.05) is 40.5 Å². The SMILES string of the molecule is CCC(C)C(CCC(C)C)(Cc1ncc[nH]1)Cc1ncc[nH]1. The Morgan fingerprint density at radius 3 is 1.91 bits per heavy atom. The zero-order valence-electron chi connectivity index (χ0n) is 14.4. The van der Waals surface area contributed by atoms with E-state index in [4.69, 9.17) is 0 Å². The third-order valence-electron chi connectivity index (χ3n) is 5.03. The van der Waals surface area contributed by atoms with Crippen molar-refractivity contribution in [2.45, 2.75) is 59.8 Å². The Bertz CT molecular complexity index is 477. The van der Waals surface area contributed by atoms with Gasteiger partial charge in [-0.25, -0.2) is 9.97 Å². The summed E-state index contributed by atoms with van der Waals surface area (Å²) < 4.78 is 0. The highest BCUT2D eigenvalue weighted by atomic mass is 14.9. The lowest BCUT2D eigenvalue weighted by Crippen LogP contribution is -2.35. The van der Waals surface area contributed by atoms with E-state index in [2.05, 4.69) is 47.6 Å². The fourth-order valence-corrected chi connectivity index (χ4v) is 3.30. The third kappa shape index (κ3) is 4.21. The average Bonchev–Trinajstić information content (AvgIpc) is 3.17. The molecule has 22 heavy (non-hydrogen) atoms. The Balaban J connectivity index is 2.28. The van der Waals surface area contributed by atoms with Crippen molar-refractivity contribution in [3.63, 3.8) is 0 Å². The Morgan fingerprint density at radius 1 is 1.00 bits per heavy atom. The minimum absolute atomic E-state index is 0.203. The third-order valence-corrected chi connectivity index (χ3v) is 5.03. The highest BCUT2D eigenvalue weighted by molar-refractivity contribution is 5.02. The van der Waals surface area contributed by atoms with E-state index in [0.717, 1.165) is 30.4 Å². The van der Waals surface area contributed by atoms with E-state index in [1.165, 1.54) is 19.3 Å². The van der Waals surface area contributed by atoms with Crippen LogP contribution in [0.2, 0.25) is 0 Å². The molecule has 2 rings (SSSR count). The Morgan fingerprint density at radius 2 is 1.55 bits per heavy atom. The van der Waals surface area contributed by atoms with Crippen molar-refractivity contribution in [3.8, 4) is 0 Å². The van der Waals surface area contributed by atoms with Gasteiger partial charge in [0.25, 0.3) is 0 Å². The van der Waals surface area contributed by atoms with Crippen molar-refractivity contribution < 1.29 is 0 Å². The average molecular weight is 302 g/mol. The van der Waals surface area contributed by atoms with Gasteiger partial charge in [-0.05, 0) is 23.7 Å². The van der Waals surface area contributed by atoms with Crippen molar-refractivity contribution in [1.29, 1.82) is 0 Å². The Labute approximate surface area is 134 Å². The van der Waals surface area contributed by atoms with Crippen LogP contribution >= 0.6 is 0 Å². The minimum Gasteiger partial charge on any atom is -0.349 e. The van der Waals surface area contributed by atoms with Gasteiger partial charge in [-0.2, -0.15) is 0 Å². The maximum Gasteiger partial charge on any atom is 0.106 e. The van der Waals surface area contributed by atoms with E-state index < -0.39 is 0 Å². The first-order chi connectivity index (χ1) is 10.6. The molecule has 0 aromatic carbocycles. The molecule has 2 aromatic rings. The van der Waals surface area contributed by atoms with Crippen molar-refractivity contribution in [3.05, 3.63) is 36.4 Å². The zero-order valence-corrected chi connectivity index (χ0v) is 14.4. The molecule has 0 aliphatic heterocycles. The summed E-state index contributed by atoms with van der Waals surface area (Å²) in [5, 5.41) is 0. The largest absolute Gasteiger partial charge is 0.349 e. The zero-order chi connectivity index (χ0) is 16.0. The van der Waals surface area contributed by atoms with Gasteiger partial charge in [0.1, 0.15) is 11.6 Å². The summed E-state index contributed by atoms with van der Waals surface area (Å²) in [5.41, 5.74) is 0.203. The van der Waals surface area contributed by atoms with Crippen LogP contribution in [0.5, 0.6) is 0 Å². The van der Waals surface area contributed by atoms with Crippen LogP contribution < -0.4 is 0 Å². The molecule has 0 saturated carbocycles. The van der Waals surface area contributed by atoms with E-state index in [9.17, 15) is 0 Å². The Kier molecular flexibility index (Phi) is 5.81. The maximum atomic E-state index is 4.49. The molecule has 122 valence electrons. The molecule has 2 heterocycles. The predicted octanol–water partition coefficient (Wildman–Crippen LogP) is 4.39. The second-order valence-corrected chi connectivity index (χ2v) is 7.03. The van der Waals surface area contributed by atoms with Crippen LogP contribution in [0.4, 0.5) is 0 Å². The molecule has 1 atom stereocenters. The highest BCUT2D eigenvalue weighted by Crippen LogP contribution is 2.41. The van der Waals surface area contributed by atoms with Gasteiger partial charge in [-0.15, -0.1) is 0 Å². The molecule has 4 heteroatoms. The van der Waals surface area contributed by atoms with Crippen LogP contribution in [-0.2, 0) is 12.8 Å². The Hall–Kier alpha value is -1.58. The molecule has 0 aliphatic rings. The standard InChI is InChI=1S/C18H30N4/c1-5-15(4)18(7-6-14(2)3,12-16-19-8-9-20-16)13-17-21-10-11-22-17/h8-11,14-15H,5-7,12-13H2,1-4H3,(H,19,20)(H,21,22). The first kappa shape index (κ1) is 16.8. The lowest BCUT2D eigenvalue weighted by atomic mass is 9.66. The second kappa shape index (κ2) is 7.61. The molecule has 2 N–H and O–H groups in total. The van der Waals surface area contributed by atoms with Crippen molar-refractivity contribution in [2.24, 2.45) is 17.3 Å². The smallest absolute Gasteiger partial charge is 0.106 e. The molecule has 0 spiro atoms. The molecule has 0 saturated heterocycles. The van der Waals surface area contributed by atoms with Gasteiger partial charge in [0, 0.05) is 37.6 Å². The van der Waals surface area contributed by atoms with E-state index >= 15 is 0 Å². The lowest BCUT2D eigenvalue weighted by Gasteiger charge is -2.39. The number of hydrogen-bond donors (Lipinski definition) is 2. The molecule has 0 aliphatic carbocycles. The number of nitrogens with zero attached hydrogens (tertiary/aromatic N) is 2.